The molecular weight excluding hydrogens is 452 g/mol. The SMILES string of the molecule is C#CCOc1ccc(/C=C2/C(=O)NC(=O)N(c3ccc(OCC)cc3)C2=O)cc1Br. The minimum absolute atomic E-state index is 0.110. The first-order valence-electron chi connectivity index (χ1n) is 8.94. The van der Waals surface area contributed by atoms with Crippen molar-refractivity contribution < 1.29 is 23.9 Å². The van der Waals surface area contributed by atoms with E-state index in [4.69, 9.17) is 15.9 Å². The number of imide groups is 2. The van der Waals surface area contributed by atoms with Crippen molar-refractivity contribution in [1.82, 2.24) is 5.32 Å². The van der Waals surface area contributed by atoms with Gasteiger partial charge in [0, 0.05) is 0 Å². The molecule has 1 saturated heterocycles. The molecule has 1 aliphatic heterocycles. The Bertz CT molecular complexity index is 1070. The molecule has 0 spiro atoms. The lowest BCUT2D eigenvalue weighted by molar-refractivity contribution is -0.122. The van der Waals surface area contributed by atoms with Crippen molar-refractivity contribution in [2.45, 2.75) is 6.92 Å². The number of barbiturate groups is 1. The molecule has 7 nitrogen and oxygen atoms in total. The van der Waals surface area contributed by atoms with Crippen LogP contribution in [0.4, 0.5) is 10.5 Å². The Labute approximate surface area is 181 Å². The molecule has 152 valence electrons. The van der Waals surface area contributed by atoms with Gasteiger partial charge in [-0.1, -0.05) is 12.0 Å². The highest BCUT2D eigenvalue weighted by Gasteiger charge is 2.36. The number of amides is 4. The summed E-state index contributed by atoms with van der Waals surface area (Å²) in [4.78, 5) is 38.4. The van der Waals surface area contributed by atoms with Crippen molar-refractivity contribution >= 4 is 45.5 Å². The van der Waals surface area contributed by atoms with Crippen LogP contribution in [0.15, 0.2) is 52.5 Å². The van der Waals surface area contributed by atoms with Crippen LogP contribution < -0.4 is 19.7 Å². The highest BCUT2D eigenvalue weighted by atomic mass is 79.9. The lowest BCUT2D eigenvalue weighted by Gasteiger charge is -2.26. The molecule has 0 aromatic heterocycles. The number of hydrogen-bond acceptors (Lipinski definition) is 5. The molecule has 0 aliphatic carbocycles. The summed E-state index contributed by atoms with van der Waals surface area (Å²) in [5.41, 5.74) is 0.709. The number of terminal acetylenes is 1. The molecule has 1 heterocycles. The Balaban J connectivity index is 1.90. The van der Waals surface area contributed by atoms with Gasteiger partial charge in [-0.15, -0.1) is 6.42 Å². The van der Waals surface area contributed by atoms with Crippen LogP contribution in [0.1, 0.15) is 12.5 Å². The third-order valence-corrected chi connectivity index (χ3v) is 4.71. The van der Waals surface area contributed by atoms with Gasteiger partial charge in [-0.3, -0.25) is 14.9 Å². The Kier molecular flexibility index (Phi) is 6.54. The maximum atomic E-state index is 12.9. The third-order valence-electron chi connectivity index (χ3n) is 4.09. The fraction of sp³-hybridized carbons (Fsp3) is 0.136. The van der Waals surface area contributed by atoms with E-state index in [0.717, 1.165) is 4.90 Å². The fourth-order valence-corrected chi connectivity index (χ4v) is 3.27. The summed E-state index contributed by atoms with van der Waals surface area (Å²) < 4.78 is 11.4. The van der Waals surface area contributed by atoms with Crippen molar-refractivity contribution in [3.63, 3.8) is 0 Å². The molecule has 4 amide bonds. The van der Waals surface area contributed by atoms with Gasteiger partial charge in [0.05, 0.1) is 16.8 Å². The largest absolute Gasteiger partial charge is 0.494 e. The molecule has 0 saturated carbocycles. The van der Waals surface area contributed by atoms with E-state index in [1.807, 2.05) is 6.92 Å². The summed E-state index contributed by atoms with van der Waals surface area (Å²) in [5.74, 6) is 2.01. The molecule has 3 rings (SSSR count). The Morgan fingerprint density at radius 1 is 1.13 bits per heavy atom. The van der Waals surface area contributed by atoms with E-state index in [1.54, 1.807) is 42.5 Å². The Hall–Kier alpha value is -3.57. The molecule has 1 N–H and O–H groups in total. The molecule has 8 heteroatoms. The van der Waals surface area contributed by atoms with Crippen molar-refractivity contribution in [1.29, 1.82) is 0 Å². The fourth-order valence-electron chi connectivity index (χ4n) is 2.76. The zero-order chi connectivity index (χ0) is 21.7. The lowest BCUT2D eigenvalue weighted by atomic mass is 10.1. The number of nitrogens with zero attached hydrogens (tertiary/aromatic N) is 1. The maximum absolute atomic E-state index is 12.9. The number of carbonyl (C=O) groups is 3. The van der Waals surface area contributed by atoms with Gasteiger partial charge in [0.2, 0.25) is 0 Å². The van der Waals surface area contributed by atoms with Crippen molar-refractivity contribution in [2.75, 3.05) is 18.1 Å². The highest BCUT2D eigenvalue weighted by Crippen LogP contribution is 2.28. The van der Waals surface area contributed by atoms with E-state index in [0.29, 0.717) is 33.8 Å². The van der Waals surface area contributed by atoms with Gasteiger partial charge >= 0.3 is 6.03 Å². The highest BCUT2D eigenvalue weighted by molar-refractivity contribution is 9.10. The summed E-state index contributed by atoms with van der Waals surface area (Å²) in [6, 6.07) is 10.6. The number of carbonyl (C=O) groups excluding carboxylic acids is 3. The molecule has 0 radical (unpaired) electrons. The zero-order valence-electron chi connectivity index (χ0n) is 16.0. The summed E-state index contributed by atoms with van der Waals surface area (Å²) in [6.45, 7) is 2.45. The predicted molar refractivity (Wildman–Crippen MR) is 115 cm³/mol. The van der Waals surface area contributed by atoms with Crippen LogP contribution >= 0.6 is 15.9 Å². The lowest BCUT2D eigenvalue weighted by Crippen LogP contribution is -2.54. The summed E-state index contributed by atoms with van der Waals surface area (Å²) in [7, 11) is 0. The zero-order valence-corrected chi connectivity index (χ0v) is 17.6. The summed E-state index contributed by atoms with van der Waals surface area (Å²) in [6.07, 6.45) is 6.59. The average molecular weight is 469 g/mol. The number of urea groups is 1. The van der Waals surface area contributed by atoms with Crippen LogP contribution in [0.5, 0.6) is 11.5 Å². The predicted octanol–water partition coefficient (Wildman–Crippen LogP) is 3.53. The average Bonchev–Trinajstić information content (AvgIpc) is 2.72. The Morgan fingerprint density at radius 2 is 1.87 bits per heavy atom. The van der Waals surface area contributed by atoms with Gasteiger partial charge in [-0.2, -0.15) is 0 Å². The summed E-state index contributed by atoms with van der Waals surface area (Å²) >= 11 is 3.37. The van der Waals surface area contributed by atoms with E-state index in [2.05, 4.69) is 27.2 Å². The van der Waals surface area contributed by atoms with E-state index in [-0.39, 0.29) is 12.2 Å². The van der Waals surface area contributed by atoms with Gasteiger partial charge in [0.1, 0.15) is 23.7 Å². The van der Waals surface area contributed by atoms with E-state index in [1.165, 1.54) is 6.08 Å². The quantitative estimate of drug-likeness (QED) is 0.398. The molecule has 0 bridgehead atoms. The van der Waals surface area contributed by atoms with Crippen LogP contribution in [-0.2, 0) is 9.59 Å². The molecule has 2 aromatic rings. The van der Waals surface area contributed by atoms with E-state index in [9.17, 15) is 14.4 Å². The second-order valence-corrected chi connectivity index (χ2v) is 6.92. The normalized spacial score (nSPS) is 15.0. The van der Waals surface area contributed by atoms with Gasteiger partial charge < -0.3 is 9.47 Å². The number of nitrogens with one attached hydrogen (secondary N) is 1. The van der Waals surface area contributed by atoms with Crippen LogP contribution in [0.2, 0.25) is 0 Å². The van der Waals surface area contributed by atoms with Crippen LogP contribution in [0, 0.1) is 12.3 Å². The first kappa shape index (κ1) is 21.1. The second kappa shape index (κ2) is 9.29. The van der Waals surface area contributed by atoms with Crippen molar-refractivity contribution in [2.24, 2.45) is 0 Å². The van der Waals surface area contributed by atoms with Gasteiger partial charge in [-0.05, 0) is 70.9 Å². The number of rotatable bonds is 6. The topological polar surface area (TPSA) is 84.9 Å². The van der Waals surface area contributed by atoms with Gasteiger partial charge in [0.15, 0.2) is 0 Å². The molecule has 1 aliphatic rings. The maximum Gasteiger partial charge on any atom is 0.335 e. The van der Waals surface area contributed by atoms with Crippen molar-refractivity contribution in [3.8, 4) is 23.8 Å². The second-order valence-electron chi connectivity index (χ2n) is 6.07. The number of ether oxygens (including phenoxy) is 2. The first-order chi connectivity index (χ1) is 14.4. The van der Waals surface area contributed by atoms with Gasteiger partial charge in [-0.25, -0.2) is 9.69 Å². The minimum Gasteiger partial charge on any atom is -0.494 e. The minimum atomic E-state index is -0.814. The number of anilines is 1. The monoisotopic (exact) mass is 468 g/mol. The first-order valence-corrected chi connectivity index (χ1v) is 9.74. The molecular formula is C22H17BrN2O5. The molecule has 0 unspecified atom stereocenters. The smallest absolute Gasteiger partial charge is 0.335 e. The number of halogens is 1. The van der Waals surface area contributed by atoms with Crippen LogP contribution in [0.25, 0.3) is 6.08 Å². The standard InChI is InChI=1S/C22H17BrN2O5/c1-3-11-30-19-10-5-14(13-18(19)23)12-17-20(26)24-22(28)25(21(17)27)15-6-8-16(9-7-15)29-4-2/h1,5-10,12-13H,4,11H2,2H3,(H,24,26,28)/b17-12-. The van der Waals surface area contributed by atoms with Crippen LogP contribution in [-0.4, -0.2) is 31.1 Å². The van der Waals surface area contributed by atoms with E-state index >= 15 is 0 Å². The van der Waals surface area contributed by atoms with Crippen LogP contribution in [0.3, 0.4) is 0 Å². The van der Waals surface area contributed by atoms with Crippen molar-refractivity contribution in [3.05, 3.63) is 58.1 Å². The number of benzene rings is 2. The van der Waals surface area contributed by atoms with E-state index < -0.39 is 17.8 Å². The molecule has 0 atom stereocenters. The number of hydrogen-bond donors (Lipinski definition) is 1. The molecule has 30 heavy (non-hydrogen) atoms. The summed E-state index contributed by atoms with van der Waals surface area (Å²) in [5, 5.41) is 2.19. The van der Waals surface area contributed by atoms with Gasteiger partial charge in [0.25, 0.3) is 11.8 Å². The molecule has 2 aromatic carbocycles. The molecule has 1 fully saturated rings. The Morgan fingerprint density at radius 3 is 2.50 bits per heavy atom. The third kappa shape index (κ3) is 4.53.